The lowest BCUT2D eigenvalue weighted by Crippen LogP contribution is -2.28. The van der Waals surface area contributed by atoms with Crippen molar-refractivity contribution in [3.63, 3.8) is 0 Å². The Hall–Kier alpha value is -3.45. The van der Waals surface area contributed by atoms with Gasteiger partial charge in [0.05, 0.1) is 22.3 Å². The van der Waals surface area contributed by atoms with E-state index >= 15 is 0 Å². The molecule has 0 bridgehead atoms. The van der Waals surface area contributed by atoms with Crippen molar-refractivity contribution in [3.05, 3.63) is 95.0 Å². The van der Waals surface area contributed by atoms with Gasteiger partial charge in [-0.15, -0.1) is 0 Å². The molecule has 7 heteroatoms. The first kappa shape index (κ1) is 19.8. The Labute approximate surface area is 176 Å². The summed E-state index contributed by atoms with van der Waals surface area (Å²) in [5.74, 6) is -0.648. The van der Waals surface area contributed by atoms with E-state index in [4.69, 9.17) is 0 Å². The maximum absolute atomic E-state index is 14.5. The van der Waals surface area contributed by atoms with E-state index in [9.17, 15) is 14.0 Å². The van der Waals surface area contributed by atoms with E-state index in [2.05, 4.69) is 4.98 Å². The predicted octanol–water partition coefficient (Wildman–Crippen LogP) is 4.28. The molecule has 0 aliphatic rings. The van der Waals surface area contributed by atoms with Crippen molar-refractivity contribution in [2.75, 3.05) is 17.7 Å². The van der Waals surface area contributed by atoms with Gasteiger partial charge in [-0.05, 0) is 36.4 Å². The van der Waals surface area contributed by atoms with Gasteiger partial charge < -0.3 is 4.90 Å². The summed E-state index contributed by atoms with van der Waals surface area (Å²) >= 11 is 1.10. The molecule has 1 aromatic heterocycles. The quantitative estimate of drug-likeness (QED) is 0.358. The number of benzene rings is 3. The van der Waals surface area contributed by atoms with Gasteiger partial charge in [0, 0.05) is 12.7 Å². The number of halogens is 1. The average molecular weight is 419 g/mol. The Morgan fingerprint density at radius 1 is 1.00 bits per heavy atom. The number of carbonyl (C=O) groups is 1. The number of rotatable bonds is 5. The normalized spacial score (nSPS) is 10.9. The largest absolute Gasteiger partial charge is 0.315 e. The minimum Gasteiger partial charge on any atom is -0.315 e. The number of para-hydroxylation sites is 3. The van der Waals surface area contributed by atoms with Crippen LogP contribution in [-0.4, -0.2) is 28.3 Å². The van der Waals surface area contributed by atoms with Crippen molar-refractivity contribution in [2.24, 2.45) is 0 Å². The lowest BCUT2D eigenvalue weighted by Gasteiger charge is -2.18. The van der Waals surface area contributed by atoms with Crippen molar-refractivity contribution in [1.29, 1.82) is 0 Å². The molecule has 0 atom stereocenters. The van der Waals surface area contributed by atoms with E-state index in [1.807, 2.05) is 30.3 Å². The highest BCUT2D eigenvalue weighted by Gasteiger charge is 2.18. The molecule has 4 aromatic rings. The molecule has 0 aliphatic carbocycles. The van der Waals surface area contributed by atoms with Gasteiger partial charge in [0.15, 0.2) is 5.16 Å². The van der Waals surface area contributed by atoms with Crippen molar-refractivity contribution in [3.8, 4) is 5.69 Å². The Bertz CT molecular complexity index is 1270. The molecule has 0 unspecified atom stereocenters. The number of hydrogen-bond donors (Lipinski definition) is 0. The first-order valence-corrected chi connectivity index (χ1v) is 10.3. The second-order valence-corrected chi connectivity index (χ2v) is 7.52. The van der Waals surface area contributed by atoms with Crippen LogP contribution in [0.4, 0.5) is 10.1 Å². The number of thioether (sulfide) groups is 1. The second-order valence-electron chi connectivity index (χ2n) is 6.58. The highest BCUT2D eigenvalue weighted by atomic mass is 32.2. The fraction of sp³-hybridized carbons (Fsp3) is 0.0870. The van der Waals surface area contributed by atoms with Crippen LogP contribution in [0.3, 0.4) is 0 Å². The zero-order valence-corrected chi connectivity index (χ0v) is 17.0. The van der Waals surface area contributed by atoms with E-state index in [0.29, 0.717) is 10.9 Å². The predicted molar refractivity (Wildman–Crippen MR) is 118 cm³/mol. The van der Waals surface area contributed by atoms with Crippen LogP contribution in [0, 0.1) is 5.82 Å². The highest BCUT2D eigenvalue weighted by Crippen LogP contribution is 2.23. The number of amides is 1. The number of aromatic nitrogens is 2. The highest BCUT2D eigenvalue weighted by molar-refractivity contribution is 7.99. The standard InChI is InChI=1S/C23H18FN3O2S/c1-26(16-9-3-2-4-10-16)21(28)15-30-23-25-19-13-7-5-11-17(19)22(29)27(23)20-14-8-6-12-18(20)24/h2-14H,15H2,1H3. The maximum atomic E-state index is 14.5. The van der Waals surface area contributed by atoms with Crippen LogP contribution < -0.4 is 10.5 Å². The third kappa shape index (κ3) is 3.84. The summed E-state index contributed by atoms with van der Waals surface area (Å²) in [4.78, 5) is 31.9. The molecule has 0 saturated carbocycles. The molecule has 30 heavy (non-hydrogen) atoms. The van der Waals surface area contributed by atoms with Crippen LogP contribution in [0.15, 0.2) is 88.8 Å². The SMILES string of the molecule is CN(C(=O)CSc1nc2ccccc2c(=O)n1-c1ccccc1F)c1ccccc1. The Morgan fingerprint density at radius 2 is 1.67 bits per heavy atom. The minimum absolute atomic E-state index is 0.0463. The van der Waals surface area contributed by atoms with Gasteiger partial charge in [0.2, 0.25) is 5.91 Å². The first-order chi connectivity index (χ1) is 14.6. The summed E-state index contributed by atoms with van der Waals surface area (Å²) in [6, 6.07) is 22.2. The number of hydrogen-bond acceptors (Lipinski definition) is 4. The smallest absolute Gasteiger partial charge is 0.266 e. The van der Waals surface area contributed by atoms with Crippen LogP contribution in [0.5, 0.6) is 0 Å². The van der Waals surface area contributed by atoms with E-state index in [0.717, 1.165) is 17.4 Å². The molecule has 0 spiro atoms. The summed E-state index contributed by atoms with van der Waals surface area (Å²) in [6.45, 7) is 0. The van der Waals surface area contributed by atoms with E-state index < -0.39 is 5.82 Å². The summed E-state index contributed by atoms with van der Waals surface area (Å²) in [6.07, 6.45) is 0. The second kappa shape index (κ2) is 8.51. The Kier molecular flexibility index (Phi) is 5.63. The number of carbonyl (C=O) groups excluding carboxylic acids is 1. The average Bonchev–Trinajstić information content (AvgIpc) is 2.78. The van der Waals surface area contributed by atoms with E-state index in [1.54, 1.807) is 48.3 Å². The third-order valence-corrected chi connectivity index (χ3v) is 5.60. The van der Waals surface area contributed by atoms with Crippen molar-refractivity contribution in [2.45, 2.75) is 5.16 Å². The van der Waals surface area contributed by atoms with Gasteiger partial charge in [-0.1, -0.05) is 54.2 Å². The minimum atomic E-state index is -0.536. The summed E-state index contributed by atoms with van der Waals surface area (Å²) in [5.41, 5.74) is 0.992. The molecular formula is C23H18FN3O2S. The maximum Gasteiger partial charge on any atom is 0.266 e. The van der Waals surface area contributed by atoms with Crippen molar-refractivity contribution < 1.29 is 9.18 Å². The van der Waals surface area contributed by atoms with Crippen LogP contribution >= 0.6 is 11.8 Å². The lowest BCUT2D eigenvalue weighted by atomic mass is 10.2. The number of nitrogens with zero attached hydrogens (tertiary/aromatic N) is 3. The third-order valence-electron chi connectivity index (χ3n) is 4.68. The van der Waals surface area contributed by atoms with Gasteiger partial charge in [-0.2, -0.15) is 0 Å². The van der Waals surface area contributed by atoms with E-state index in [1.165, 1.54) is 16.7 Å². The zero-order chi connectivity index (χ0) is 21.1. The molecule has 1 heterocycles. The van der Waals surface area contributed by atoms with Gasteiger partial charge in [-0.25, -0.2) is 9.37 Å². The molecule has 3 aromatic carbocycles. The molecule has 0 radical (unpaired) electrons. The summed E-state index contributed by atoms with van der Waals surface area (Å²) in [7, 11) is 1.69. The fourth-order valence-electron chi connectivity index (χ4n) is 3.07. The molecule has 0 aliphatic heterocycles. The molecule has 0 N–H and O–H groups in total. The van der Waals surface area contributed by atoms with Crippen LogP contribution in [-0.2, 0) is 4.79 Å². The van der Waals surface area contributed by atoms with Gasteiger partial charge in [-0.3, -0.25) is 14.2 Å². The molecule has 4 rings (SSSR count). The lowest BCUT2D eigenvalue weighted by molar-refractivity contribution is -0.115. The van der Waals surface area contributed by atoms with Gasteiger partial charge in [0.25, 0.3) is 5.56 Å². The Balaban J connectivity index is 1.73. The van der Waals surface area contributed by atoms with Gasteiger partial charge >= 0.3 is 0 Å². The van der Waals surface area contributed by atoms with Gasteiger partial charge in [0.1, 0.15) is 5.82 Å². The molecule has 0 saturated heterocycles. The van der Waals surface area contributed by atoms with Crippen LogP contribution in [0.2, 0.25) is 0 Å². The first-order valence-electron chi connectivity index (χ1n) is 9.27. The molecule has 150 valence electrons. The molecule has 1 amide bonds. The topological polar surface area (TPSA) is 55.2 Å². The molecule has 5 nitrogen and oxygen atoms in total. The van der Waals surface area contributed by atoms with Crippen LogP contribution in [0.25, 0.3) is 16.6 Å². The number of anilines is 1. The number of fused-ring (bicyclic) bond motifs is 1. The summed E-state index contributed by atoms with van der Waals surface area (Å²) < 4.78 is 15.7. The summed E-state index contributed by atoms with van der Waals surface area (Å²) in [5, 5.41) is 0.649. The fourth-order valence-corrected chi connectivity index (χ4v) is 3.99. The van der Waals surface area contributed by atoms with E-state index in [-0.39, 0.29) is 28.1 Å². The van der Waals surface area contributed by atoms with Crippen molar-refractivity contribution in [1.82, 2.24) is 9.55 Å². The molecular weight excluding hydrogens is 401 g/mol. The Morgan fingerprint density at radius 3 is 2.43 bits per heavy atom. The van der Waals surface area contributed by atoms with Crippen LogP contribution in [0.1, 0.15) is 0 Å². The monoisotopic (exact) mass is 419 g/mol. The molecule has 0 fully saturated rings. The van der Waals surface area contributed by atoms with Crippen molar-refractivity contribution >= 4 is 34.3 Å². The zero-order valence-electron chi connectivity index (χ0n) is 16.2.